The summed E-state index contributed by atoms with van der Waals surface area (Å²) < 4.78 is 0. The second-order valence-corrected chi connectivity index (χ2v) is 20.9. The summed E-state index contributed by atoms with van der Waals surface area (Å²) in [6.45, 7) is 7.91. The molecule has 27 heteroatoms. The molecule has 0 bridgehead atoms. The summed E-state index contributed by atoms with van der Waals surface area (Å²) in [6, 6.07) is -10.7. The highest BCUT2D eigenvalue weighted by Crippen LogP contribution is 2.26. The summed E-state index contributed by atoms with van der Waals surface area (Å²) in [5.74, 6) is -7.84. The van der Waals surface area contributed by atoms with Crippen molar-refractivity contribution < 1.29 is 53.1 Å². The van der Waals surface area contributed by atoms with Crippen molar-refractivity contribution in [1.82, 2.24) is 41.7 Å². The molecule has 9 amide bonds. The van der Waals surface area contributed by atoms with Gasteiger partial charge in [0.1, 0.15) is 48.3 Å². The molecule has 0 aromatic carbocycles. The lowest BCUT2D eigenvalue weighted by molar-refractivity contribution is -0.149. The number of nitrogens with zero attached hydrogens (tertiary/aromatic N) is 3. The Bertz CT molecular complexity index is 1960. The molecule has 0 aromatic heterocycles. The van der Waals surface area contributed by atoms with E-state index in [4.69, 9.17) is 34.4 Å². The van der Waals surface area contributed by atoms with E-state index >= 15 is 0 Å². The standard InChI is InChI=1S/C48H87N15O11S/c1-27(2)25-34(47(73)74)60-43(69)35-16-11-22-62(35)46(72)36-17-12-23-63(36)45(71)33(26-37(52)64)59-42(68)31(14-7-9-20-50)57-40(66)30(13-6-8-19-49)56-41(67)32(15-10-21-55-48(53)54)58-44(70)38(28(3)4)61-39(65)29(51)18-24-75-5/h27-36,38H,6-26,49-51H2,1-5H3,(H2,52,64)(H,56,67)(H,57,66)(H,58,70)(H,59,68)(H,60,69)(H,61,65)(H,73,74)(H4,53,54,55)/t29-,30-,31-,32-,33-,34-,35-,36-,38-/m0/s1. The predicted octanol–water partition coefficient (Wildman–Crippen LogP) is -3.07. The summed E-state index contributed by atoms with van der Waals surface area (Å²) in [5, 5.41) is 25.7. The van der Waals surface area contributed by atoms with Gasteiger partial charge >= 0.3 is 5.97 Å². The zero-order valence-electron chi connectivity index (χ0n) is 44.4. The van der Waals surface area contributed by atoms with Gasteiger partial charge in [-0.3, -0.25) is 48.1 Å². The molecule has 2 aliphatic heterocycles. The van der Waals surface area contributed by atoms with Crippen molar-refractivity contribution in [3.05, 3.63) is 0 Å². The minimum absolute atomic E-state index is 0.0000382. The minimum atomic E-state index is -1.59. The Labute approximate surface area is 444 Å². The average molecular weight is 1080 g/mol. The average Bonchev–Trinajstić information content (AvgIpc) is 4.05. The van der Waals surface area contributed by atoms with E-state index in [9.17, 15) is 53.1 Å². The second kappa shape index (κ2) is 34.0. The molecular formula is C48H87N15O11S. The maximum absolute atomic E-state index is 14.4. The fraction of sp³-hybridized carbons (Fsp3) is 0.771. The van der Waals surface area contributed by atoms with Gasteiger partial charge < -0.3 is 81.2 Å². The number of rotatable bonds is 35. The van der Waals surface area contributed by atoms with Gasteiger partial charge in [-0.15, -0.1) is 0 Å². The van der Waals surface area contributed by atoms with Crippen LogP contribution in [0.3, 0.4) is 0 Å². The summed E-state index contributed by atoms with van der Waals surface area (Å²) >= 11 is 1.51. The Balaban J connectivity index is 2.41. The SMILES string of the molecule is CSCC[C@H](N)C(=O)N[C@H](C(=O)N[C@@H](CCCN=C(N)N)C(=O)N[C@@H](CCCCN)C(=O)N[C@@H](CCCCN)C(=O)N[C@@H](CC(N)=O)C(=O)N1CCC[C@H]1C(=O)N1CCC[C@H]1C(=O)N[C@@H](CC(C)C)C(=O)O)C(C)C. The molecule has 2 rings (SSSR count). The number of aliphatic imine (C=N–C) groups is 1. The molecule has 19 N–H and O–H groups in total. The molecule has 426 valence electrons. The van der Waals surface area contributed by atoms with E-state index in [0.717, 1.165) is 0 Å². The number of nitrogens with two attached hydrogens (primary N) is 6. The number of likely N-dealkylation sites (tertiary alicyclic amines) is 2. The molecule has 75 heavy (non-hydrogen) atoms. The van der Waals surface area contributed by atoms with Crippen LogP contribution in [-0.4, -0.2) is 179 Å². The van der Waals surface area contributed by atoms with Crippen LogP contribution in [0.1, 0.15) is 124 Å². The monoisotopic (exact) mass is 1080 g/mol. The molecule has 0 spiro atoms. The van der Waals surface area contributed by atoms with E-state index in [2.05, 4.69) is 36.9 Å². The highest BCUT2D eigenvalue weighted by molar-refractivity contribution is 7.98. The van der Waals surface area contributed by atoms with E-state index in [1.165, 1.54) is 21.6 Å². The zero-order valence-corrected chi connectivity index (χ0v) is 45.3. The highest BCUT2D eigenvalue weighted by atomic mass is 32.2. The summed E-state index contributed by atoms with van der Waals surface area (Å²) in [4.78, 5) is 143. The Kier molecular flexibility index (Phi) is 29.6. The van der Waals surface area contributed by atoms with Crippen LogP contribution in [0.2, 0.25) is 0 Å². The number of amides is 9. The van der Waals surface area contributed by atoms with Gasteiger partial charge in [-0.2, -0.15) is 11.8 Å². The van der Waals surface area contributed by atoms with E-state index in [0.29, 0.717) is 50.7 Å². The van der Waals surface area contributed by atoms with E-state index in [1.807, 2.05) is 20.1 Å². The van der Waals surface area contributed by atoms with Crippen molar-refractivity contribution in [1.29, 1.82) is 0 Å². The number of aliphatic carboxylic acids is 1. The summed E-state index contributed by atoms with van der Waals surface area (Å²) in [7, 11) is 0. The molecule has 2 heterocycles. The molecule has 0 radical (unpaired) electrons. The Morgan fingerprint density at radius 3 is 1.61 bits per heavy atom. The largest absolute Gasteiger partial charge is 0.480 e. The van der Waals surface area contributed by atoms with Gasteiger partial charge in [0.15, 0.2) is 5.96 Å². The zero-order chi connectivity index (χ0) is 56.4. The number of thioether (sulfide) groups is 1. The third-order valence-electron chi connectivity index (χ3n) is 13.0. The van der Waals surface area contributed by atoms with E-state index < -0.39 is 126 Å². The van der Waals surface area contributed by atoms with Gasteiger partial charge in [0.25, 0.3) is 0 Å². The van der Waals surface area contributed by atoms with Crippen LogP contribution in [-0.2, 0) is 47.9 Å². The molecule has 0 unspecified atom stereocenters. The lowest BCUT2D eigenvalue weighted by Crippen LogP contribution is -2.60. The molecular weight excluding hydrogens is 995 g/mol. The molecule has 2 fully saturated rings. The smallest absolute Gasteiger partial charge is 0.326 e. The van der Waals surface area contributed by atoms with Gasteiger partial charge in [-0.25, -0.2) is 4.79 Å². The van der Waals surface area contributed by atoms with Gasteiger partial charge in [-0.05, 0) is 127 Å². The number of carbonyl (C=O) groups excluding carboxylic acids is 9. The van der Waals surface area contributed by atoms with Gasteiger partial charge in [0.2, 0.25) is 53.2 Å². The number of hydrogen-bond acceptors (Lipinski definition) is 15. The lowest BCUT2D eigenvalue weighted by atomic mass is 10.0. The van der Waals surface area contributed by atoms with Crippen molar-refractivity contribution in [2.24, 2.45) is 51.2 Å². The number of carboxylic acid groups (broad SMARTS) is 1. The number of carbonyl (C=O) groups is 10. The van der Waals surface area contributed by atoms with Crippen molar-refractivity contribution >= 4 is 76.9 Å². The van der Waals surface area contributed by atoms with Crippen LogP contribution in [0.15, 0.2) is 4.99 Å². The Morgan fingerprint density at radius 2 is 1.13 bits per heavy atom. The second-order valence-electron chi connectivity index (χ2n) is 20.0. The summed E-state index contributed by atoms with van der Waals surface area (Å²) in [5.41, 5.74) is 34.3. The third kappa shape index (κ3) is 22.5. The quantitative estimate of drug-likeness (QED) is 0.0170. The van der Waals surface area contributed by atoms with Crippen molar-refractivity contribution in [3.63, 3.8) is 0 Å². The number of hydrogen-bond donors (Lipinski definition) is 13. The first-order valence-electron chi connectivity index (χ1n) is 26.1. The Hall–Kier alpha value is -5.80. The lowest BCUT2D eigenvalue weighted by Gasteiger charge is -2.33. The first-order valence-corrected chi connectivity index (χ1v) is 27.5. The minimum Gasteiger partial charge on any atom is -0.480 e. The van der Waals surface area contributed by atoms with Crippen LogP contribution in [0.5, 0.6) is 0 Å². The fourth-order valence-electron chi connectivity index (χ4n) is 8.89. The molecule has 0 aliphatic carbocycles. The predicted molar refractivity (Wildman–Crippen MR) is 283 cm³/mol. The topological polar surface area (TPSA) is 438 Å². The molecule has 2 aliphatic rings. The highest BCUT2D eigenvalue weighted by Gasteiger charge is 2.45. The van der Waals surface area contributed by atoms with Crippen molar-refractivity contribution in [3.8, 4) is 0 Å². The number of carboxylic acids is 1. The molecule has 0 saturated carbocycles. The van der Waals surface area contributed by atoms with Gasteiger partial charge in [0, 0.05) is 19.6 Å². The van der Waals surface area contributed by atoms with Crippen LogP contribution in [0, 0.1) is 11.8 Å². The van der Waals surface area contributed by atoms with E-state index in [1.54, 1.807) is 13.8 Å². The van der Waals surface area contributed by atoms with Crippen LogP contribution >= 0.6 is 11.8 Å². The van der Waals surface area contributed by atoms with Crippen LogP contribution < -0.4 is 66.3 Å². The normalized spacial score (nSPS) is 18.2. The molecule has 26 nitrogen and oxygen atoms in total. The number of guanidine groups is 1. The van der Waals surface area contributed by atoms with Crippen LogP contribution in [0.4, 0.5) is 0 Å². The first kappa shape index (κ1) is 65.3. The third-order valence-corrected chi connectivity index (χ3v) is 13.6. The summed E-state index contributed by atoms with van der Waals surface area (Å²) in [6.07, 6.45) is 4.88. The van der Waals surface area contributed by atoms with Gasteiger partial charge in [0.05, 0.1) is 12.5 Å². The number of primary amides is 1. The molecule has 9 atom stereocenters. The molecule has 2 saturated heterocycles. The van der Waals surface area contributed by atoms with Crippen LogP contribution in [0.25, 0.3) is 0 Å². The maximum Gasteiger partial charge on any atom is 0.326 e. The Morgan fingerprint density at radius 1 is 0.627 bits per heavy atom. The van der Waals surface area contributed by atoms with Crippen molar-refractivity contribution in [2.45, 2.75) is 178 Å². The van der Waals surface area contributed by atoms with Gasteiger partial charge in [-0.1, -0.05) is 27.7 Å². The number of unbranched alkanes of at least 4 members (excludes halogenated alkanes) is 2. The fourth-order valence-corrected chi connectivity index (χ4v) is 9.38. The van der Waals surface area contributed by atoms with Crippen molar-refractivity contribution in [2.75, 3.05) is 44.7 Å². The van der Waals surface area contributed by atoms with E-state index in [-0.39, 0.29) is 89.5 Å². The first-order chi connectivity index (χ1) is 35.5. The maximum atomic E-state index is 14.4. The molecule has 0 aromatic rings. The number of nitrogens with one attached hydrogen (secondary N) is 6.